The SMILES string of the molecule is CC.CC(C)C(N)C1CCCN(c2ccc(C(F)(F)F)c(C3NNc4ncccc43)n2)C1. The zero-order valence-corrected chi connectivity index (χ0v) is 19.1. The van der Waals surface area contributed by atoms with Crippen LogP contribution in [-0.4, -0.2) is 29.1 Å². The van der Waals surface area contributed by atoms with Crippen LogP contribution < -0.4 is 21.5 Å². The van der Waals surface area contributed by atoms with Crippen molar-refractivity contribution in [3.63, 3.8) is 0 Å². The van der Waals surface area contributed by atoms with Crippen molar-refractivity contribution in [3.8, 4) is 0 Å². The first-order chi connectivity index (χ1) is 15.3. The number of piperidine rings is 1. The van der Waals surface area contributed by atoms with Crippen LogP contribution in [-0.2, 0) is 6.18 Å². The summed E-state index contributed by atoms with van der Waals surface area (Å²) in [5.41, 5.74) is 12.0. The van der Waals surface area contributed by atoms with Crippen molar-refractivity contribution in [2.45, 2.75) is 58.8 Å². The summed E-state index contributed by atoms with van der Waals surface area (Å²) in [7, 11) is 0. The zero-order valence-electron chi connectivity index (χ0n) is 19.1. The second kappa shape index (κ2) is 10.0. The molecule has 2 aromatic heterocycles. The van der Waals surface area contributed by atoms with Gasteiger partial charge in [0, 0.05) is 30.9 Å². The number of aromatic nitrogens is 2. The van der Waals surface area contributed by atoms with Crippen molar-refractivity contribution in [1.82, 2.24) is 15.4 Å². The predicted molar refractivity (Wildman–Crippen MR) is 121 cm³/mol. The quantitative estimate of drug-likeness (QED) is 0.624. The van der Waals surface area contributed by atoms with Gasteiger partial charge in [-0.15, -0.1) is 0 Å². The lowest BCUT2D eigenvalue weighted by Gasteiger charge is -2.38. The number of pyridine rings is 2. The van der Waals surface area contributed by atoms with Gasteiger partial charge < -0.3 is 16.1 Å². The Morgan fingerprint density at radius 2 is 1.94 bits per heavy atom. The monoisotopic (exact) mass is 450 g/mol. The molecule has 0 aliphatic carbocycles. The maximum Gasteiger partial charge on any atom is 0.418 e. The van der Waals surface area contributed by atoms with Gasteiger partial charge in [0.15, 0.2) is 0 Å². The molecular formula is C23H33F3N6. The van der Waals surface area contributed by atoms with E-state index in [4.69, 9.17) is 5.73 Å². The molecule has 0 saturated carbocycles. The number of hydrogen-bond donors (Lipinski definition) is 3. The highest BCUT2D eigenvalue weighted by Gasteiger charge is 2.39. The number of nitrogens with zero attached hydrogens (tertiary/aromatic N) is 3. The van der Waals surface area contributed by atoms with Crippen molar-refractivity contribution in [2.75, 3.05) is 23.4 Å². The minimum atomic E-state index is -4.50. The molecule has 1 fully saturated rings. The number of halogens is 3. The standard InChI is InChI=1S/C21H27F3N6.C2H6/c1-12(2)17(25)13-5-4-10-30(11-13)16-8-7-15(21(22,23)24)19(27-16)18-14-6-3-9-26-20(14)29-28-18;1-2/h3,6-9,12-13,17-18,28H,4-5,10-11,25H2,1-2H3,(H,26,29);1-2H3. The fourth-order valence-electron chi connectivity index (χ4n) is 4.37. The maximum atomic E-state index is 13.8. The summed E-state index contributed by atoms with van der Waals surface area (Å²) < 4.78 is 41.3. The smallest absolute Gasteiger partial charge is 0.356 e. The number of fused-ring (bicyclic) bond motifs is 1. The Labute approximate surface area is 187 Å². The van der Waals surface area contributed by atoms with Gasteiger partial charge in [0.1, 0.15) is 11.6 Å². The van der Waals surface area contributed by atoms with Crippen molar-refractivity contribution in [3.05, 3.63) is 47.3 Å². The van der Waals surface area contributed by atoms with Crippen LogP contribution in [0.5, 0.6) is 0 Å². The van der Waals surface area contributed by atoms with Gasteiger partial charge in [0.05, 0.1) is 17.3 Å². The molecule has 4 rings (SSSR count). The Morgan fingerprint density at radius 1 is 1.19 bits per heavy atom. The van der Waals surface area contributed by atoms with Crippen LogP contribution in [0, 0.1) is 11.8 Å². The van der Waals surface area contributed by atoms with E-state index in [0.717, 1.165) is 25.5 Å². The van der Waals surface area contributed by atoms with Crippen LogP contribution in [0.4, 0.5) is 24.8 Å². The maximum absolute atomic E-state index is 13.8. The number of anilines is 2. The van der Waals surface area contributed by atoms with E-state index in [2.05, 4.69) is 39.6 Å². The first-order valence-corrected chi connectivity index (χ1v) is 11.3. The van der Waals surface area contributed by atoms with E-state index in [1.807, 2.05) is 13.8 Å². The molecule has 176 valence electrons. The fraction of sp³-hybridized carbons (Fsp3) is 0.565. The molecule has 0 radical (unpaired) electrons. The van der Waals surface area contributed by atoms with Gasteiger partial charge in [0.2, 0.25) is 0 Å². The van der Waals surface area contributed by atoms with E-state index in [-0.39, 0.29) is 11.7 Å². The summed E-state index contributed by atoms with van der Waals surface area (Å²) >= 11 is 0. The Morgan fingerprint density at radius 3 is 2.62 bits per heavy atom. The Hall–Kier alpha value is -2.39. The summed E-state index contributed by atoms with van der Waals surface area (Å²) in [4.78, 5) is 10.8. The molecule has 2 aliphatic heterocycles. The van der Waals surface area contributed by atoms with Gasteiger partial charge >= 0.3 is 6.18 Å². The number of rotatable bonds is 4. The number of alkyl halides is 3. The van der Waals surface area contributed by atoms with E-state index < -0.39 is 17.8 Å². The first-order valence-electron chi connectivity index (χ1n) is 11.3. The summed E-state index contributed by atoms with van der Waals surface area (Å²) in [6, 6.07) is 5.40. The Balaban J connectivity index is 0.00000141. The molecular weight excluding hydrogens is 417 g/mol. The second-order valence-electron chi connectivity index (χ2n) is 8.41. The second-order valence-corrected chi connectivity index (χ2v) is 8.41. The number of nitrogens with one attached hydrogen (secondary N) is 2. The lowest BCUT2D eigenvalue weighted by atomic mass is 9.85. The average Bonchev–Trinajstić information content (AvgIpc) is 3.23. The van der Waals surface area contributed by atoms with Crippen molar-refractivity contribution < 1.29 is 13.2 Å². The lowest BCUT2D eigenvalue weighted by molar-refractivity contribution is -0.138. The third-order valence-corrected chi connectivity index (χ3v) is 6.07. The highest BCUT2D eigenvalue weighted by atomic mass is 19.4. The minimum absolute atomic E-state index is 0.0467. The van der Waals surface area contributed by atoms with Gasteiger partial charge in [-0.2, -0.15) is 13.2 Å². The van der Waals surface area contributed by atoms with E-state index in [0.29, 0.717) is 35.6 Å². The lowest BCUT2D eigenvalue weighted by Crippen LogP contribution is -2.46. The zero-order chi connectivity index (χ0) is 23.5. The van der Waals surface area contributed by atoms with Crippen LogP contribution in [0.3, 0.4) is 0 Å². The molecule has 4 N–H and O–H groups in total. The number of hydrogen-bond acceptors (Lipinski definition) is 6. The van der Waals surface area contributed by atoms with Crippen molar-refractivity contribution in [2.24, 2.45) is 17.6 Å². The van der Waals surface area contributed by atoms with Crippen LogP contribution in [0.15, 0.2) is 30.5 Å². The third-order valence-electron chi connectivity index (χ3n) is 6.07. The first kappa shape index (κ1) is 24.3. The number of nitrogens with two attached hydrogens (primary N) is 1. The molecule has 3 unspecified atom stereocenters. The van der Waals surface area contributed by atoms with Crippen LogP contribution in [0.1, 0.15) is 63.4 Å². The Bertz CT molecular complexity index is 902. The van der Waals surface area contributed by atoms with Gasteiger partial charge in [-0.3, -0.25) is 0 Å². The van der Waals surface area contributed by atoms with Crippen molar-refractivity contribution >= 4 is 11.6 Å². The van der Waals surface area contributed by atoms with Crippen LogP contribution >= 0.6 is 0 Å². The molecule has 9 heteroatoms. The summed E-state index contributed by atoms with van der Waals surface area (Å²) in [6.07, 6.45) is -0.941. The van der Waals surface area contributed by atoms with Gasteiger partial charge in [-0.25, -0.2) is 15.4 Å². The molecule has 0 amide bonds. The molecule has 0 aromatic carbocycles. The molecule has 2 aliphatic rings. The van der Waals surface area contributed by atoms with Crippen molar-refractivity contribution in [1.29, 1.82) is 0 Å². The number of hydrazine groups is 1. The van der Waals surface area contributed by atoms with E-state index in [1.54, 1.807) is 18.3 Å². The molecule has 0 spiro atoms. The summed E-state index contributed by atoms with van der Waals surface area (Å²) in [5.74, 6) is 1.72. The Kier molecular flexibility index (Phi) is 7.61. The van der Waals surface area contributed by atoms with Crippen LogP contribution in [0.25, 0.3) is 0 Å². The van der Waals surface area contributed by atoms with E-state index >= 15 is 0 Å². The normalized spacial score (nSPS) is 21.5. The summed E-state index contributed by atoms with van der Waals surface area (Å²) in [5, 5.41) is 0. The molecule has 0 bridgehead atoms. The fourth-order valence-corrected chi connectivity index (χ4v) is 4.37. The summed E-state index contributed by atoms with van der Waals surface area (Å²) in [6.45, 7) is 9.66. The molecule has 4 heterocycles. The predicted octanol–water partition coefficient (Wildman–Crippen LogP) is 4.74. The minimum Gasteiger partial charge on any atom is -0.356 e. The van der Waals surface area contributed by atoms with Crippen LogP contribution in [0.2, 0.25) is 0 Å². The molecule has 1 saturated heterocycles. The highest BCUT2D eigenvalue weighted by Crippen LogP contribution is 2.40. The average molecular weight is 451 g/mol. The van der Waals surface area contributed by atoms with Gasteiger partial charge in [-0.05, 0) is 42.9 Å². The molecule has 32 heavy (non-hydrogen) atoms. The van der Waals surface area contributed by atoms with Gasteiger partial charge in [0.25, 0.3) is 0 Å². The molecule has 2 aromatic rings. The largest absolute Gasteiger partial charge is 0.418 e. The third kappa shape index (κ3) is 4.99. The van der Waals surface area contributed by atoms with Gasteiger partial charge in [-0.1, -0.05) is 33.8 Å². The molecule has 3 atom stereocenters. The highest BCUT2D eigenvalue weighted by molar-refractivity contribution is 5.55. The van der Waals surface area contributed by atoms with E-state index in [9.17, 15) is 13.2 Å². The molecule has 6 nitrogen and oxygen atoms in total. The van der Waals surface area contributed by atoms with E-state index in [1.165, 1.54) is 6.07 Å². The topological polar surface area (TPSA) is 79.1 Å².